The highest BCUT2D eigenvalue weighted by Crippen LogP contribution is 2.41. The van der Waals surface area contributed by atoms with Crippen LogP contribution in [-0.4, -0.2) is 48.8 Å². The second-order valence-corrected chi connectivity index (χ2v) is 8.85. The number of benzene rings is 2. The summed E-state index contributed by atoms with van der Waals surface area (Å²) in [4.78, 5) is 0. The molecule has 0 bridgehead atoms. The molecule has 2 aliphatic rings. The first-order chi connectivity index (χ1) is 15.0. The number of epoxide rings is 2. The summed E-state index contributed by atoms with van der Waals surface area (Å²) in [6, 6.07) is 8.62. The highest BCUT2D eigenvalue weighted by molar-refractivity contribution is 6.40. The Kier molecular flexibility index (Phi) is 5.94. The van der Waals surface area contributed by atoms with E-state index in [-0.39, 0.29) is 12.2 Å². The number of nitrogens with zero attached hydrogens (tertiary/aromatic N) is 1. The topological polar surface area (TPSA) is 72.2 Å². The largest absolute Gasteiger partial charge is 0.491 e. The maximum atomic E-state index is 6.48. The molecule has 10 heteroatoms. The Balaban J connectivity index is 1.39. The van der Waals surface area contributed by atoms with Crippen LogP contribution >= 0.6 is 46.4 Å². The Morgan fingerprint density at radius 2 is 1.23 bits per heavy atom. The second-order valence-electron chi connectivity index (χ2n) is 7.22. The minimum atomic E-state index is 0.138. The quantitative estimate of drug-likeness (QED) is 0.388. The van der Waals surface area contributed by atoms with Gasteiger partial charge in [-0.3, -0.25) is 5.10 Å². The predicted octanol–water partition coefficient (Wildman–Crippen LogP) is 5.91. The van der Waals surface area contributed by atoms with Crippen molar-refractivity contribution in [2.75, 3.05) is 26.4 Å². The number of hydrogen-bond donors (Lipinski definition) is 1. The van der Waals surface area contributed by atoms with Gasteiger partial charge >= 0.3 is 0 Å². The maximum Gasteiger partial charge on any atom is 0.122 e. The zero-order valence-corrected chi connectivity index (χ0v) is 19.0. The number of ether oxygens (including phenoxy) is 4. The van der Waals surface area contributed by atoms with Gasteiger partial charge in [-0.25, -0.2) is 0 Å². The minimum absolute atomic E-state index is 0.138. The minimum Gasteiger partial charge on any atom is -0.491 e. The molecule has 6 nitrogen and oxygen atoms in total. The first kappa shape index (κ1) is 21.2. The van der Waals surface area contributed by atoms with Crippen LogP contribution in [0.1, 0.15) is 0 Å². The van der Waals surface area contributed by atoms with Crippen LogP contribution < -0.4 is 9.47 Å². The molecule has 1 aromatic heterocycles. The Morgan fingerprint density at radius 1 is 0.774 bits per heavy atom. The van der Waals surface area contributed by atoms with Crippen LogP contribution in [0.25, 0.3) is 22.5 Å². The molecule has 0 spiro atoms. The van der Waals surface area contributed by atoms with Gasteiger partial charge in [-0.05, 0) is 30.3 Å². The molecule has 2 saturated heterocycles. The van der Waals surface area contributed by atoms with Crippen molar-refractivity contribution in [1.29, 1.82) is 0 Å². The Morgan fingerprint density at radius 3 is 1.68 bits per heavy atom. The van der Waals surface area contributed by atoms with Crippen LogP contribution in [0.3, 0.4) is 0 Å². The molecule has 0 amide bonds. The smallest absolute Gasteiger partial charge is 0.122 e. The van der Waals surface area contributed by atoms with Crippen molar-refractivity contribution >= 4 is 46.4 Å². The van der Waals surface area contributed by atoms with Crippen molar-refractivity contribution < 1.29 is 18.9 Å². The lowest BCUT2D eigenvalue weighted by Gasteiger charge is -2.10. The van der Waals surface area contributed by atoms with Crippen molar-refractivity contribution in [3.05, 3.63) is 50.4 Å². The summed E-state index contributed by atoms with van der Waals surface area (Å²) in [5, 5.41) is 9.00. The fourth-order valence-corrected chi connectivity index (χ4v) is 4.38. The third-order valence-corrected chi connectivity index (χ3v) is 6.00. The van der Waals surface area contributed by atoms with Crippen molar-refractivity contribution in [2.24, 2.45) is 0 Å². The summed E-state index contributed by atoms with van der Waals surface area (Å²) < 4.78 is 21.6. The van der Waals surface area contributed by atoms with E-state index in [9.17, 15) is 0 Å². The van der Waals surface area contributed by atoms with E-state index >= 15 is 0 Å². The van der Waals surface area contributed by atoms with Crippen molar-refractivity contribution in [2.45, 2.75) is 12.2 Å². The third kappa shape index (κ3) is 4.90. The SMILES string of the molecule is Clc1cc(OCC2CO2)cc(Cl)c1-c1cc(-c2c(Cl)cc(OCC3CO3)cc2Cl)[nH]n1. The lowest BCUT2D eigenvalue weighted by molar-refractivity contribution is 0.263. The molecule has 0 aliphatic carbocycles. The summed E-state index contributed by atoms with van der Waals surface area (Å²) >= 11 is 25.9. The Hall–Kier alpha value is -1.67. The van der Waals surface area contributed by atoms with Crippen LogP contribution in [0.2, 0.25) is 20.1 Å². The number of hydrogen-bond acceptors (Lipinski definition) is 5. The molecule has 0 radical (unpaired) electrons. The van der Waals surface area contributed by atoms with Gasteiger partial charge in [0.1, 0.15) is 36.9 Å². The molecule has 2 atom stereocenters. The number of aromatic nitrogens is 2. The number of rotatable bonds is 8. The van der Waals surface area contributed by atoms with Gasteiger partial charge < -0.3 is 18.9 Å². The van der Waals surface area contributed by atoms with Gasteiger partial charge in [-0.2, -0.15) is 5.10 Å². The van der Waals surface area contributed by atoms with E-state index in [1.807, 2.05) is 0 Å². The summed E-state index contributed by atoms with van der Waals surface area (Å²) in [6.07, 6.45) is 0.278. The lowest BCUT2D eigenvalue weighted by Crippen LogP contribution is -2.04. The summed E-state index contributed by atoms with van der Waals surface area (Å²) in [5.74, 6) is 1.15. The highest BCUT2D eigenvalue weighted by atomic mass is 35.5. The molecule has 2 unspecified atom stereocenters. The number of halogens is 4. The second kappa shape index (κ2) is 8.70. The number of nitrogens with one attached hydrogen (secondary N) is 1. The zero-order chi connectivity index (χ0) is 21.5. The standard InChI is InChI=1S/C21H16Cl4N2O4/c22-14-1-10(28-6-12-8-30-12)2-15(23)20(14)18-5-19(27-26-18)21-16(24)3-11(4-17(21)25)29-7-13-9-31-13/h1-5,12-13H,6-9H2,(H,26,27). The van der Waals surface area contributed by atoms with Crippen LogP contribution in [0.4, 0.5) is 0 Å². The van der Waals surface area contributed by atoms with E-state index in [2.05, 4.69) is 10.2 Å². The zero-order valence-electron chi connectivity index (χ0n) is 16.0. The molecule has 2 aromatic carbocycles. The van der Waals surface area contributed by atoms with Gasteiger partial charge in [-0.15, -0.1) is 0 Å². The van der Waals surface area contributed by atoms with E-state index in [1.165, 1.54) is 0 Å². The number of H-pyrrole nitrogens is 1. The molecular weight excluding hydrogens is 486 g/mol. The average Bonchev–Trinajstić information content (AvgIpc) is 3.64. The van der Waals surface area contributed by atoms with Crippen LogP contribution in [0.5, 0.6) is 11.5 Å². The van der Waals surface area contributed by atoms with Gasteiger partial charge in [0, 0.05) is 11.1 Å². The molecule has 5 rings (SSSR count). The van der Waals surface area contributed by atoms with E-state index in [0.717, 1.165) is 0 Å². The number of aromatic amines is 1. The molecule has 0 saturated carbocycles. The normalized spacial score (nSPS) is 19.4. The van der Waals surface area contributed by atoms with Gasteiger partial charge in [0.2, 0.25) is 0 Å². The molecule has 31 heavy (non-hydrogen) atoms. The van der Waals surface area contributed by atoms with E-state index < -0.39 is 0 Å². The summed E-state index contributed by atoms with van der Waals surface area (Å²) in [6.45, 7) is 2.35. The molecular formula is C21H16Cl4N2O4. The van der Waals surface area contributed by atoms with E-state index in [0.29, 0.717) is 80.5 Å². The van der Waals surface area contributed by atoms with Gasteiger partial charge in [0.25, 0.3) is 0 Å². The average molecular weight is 502 g/mol. The van der Waals surface area contributed by atoms with Crippen molar-refractivity contribution in [3.63, 3.8) is 0 Å². The van der Waals surface area contributed by atoms with Gasteiger partial charge in [0.05, 0.1) is 44.7 Å². The monoisotopic (exact) mass is 500 g/mol. The maximum absolute atomic E-state index is 6.48. The van der Waals surface area contributed by atoms with E-state index in [4.69, 9.17) is 65.4 Å². The molecule has 162 valence electrons. The fourth-order valence-electron chi connectivity index (χ4n) is 3.05. The first-order valence-electron chi connectivity index (χ1n) is 9.51. The Bertz CT molecular complexity index is 996. The van der Waals surface area contributed by atoms with Crippen LogP contribution in [0, 0.1) is 0 Å². The van der Waals surface area contributed by atoms with Crippen molar-refractivity contribution in [1.82, 2.24) is 10.2 Å². The van der Waals surface area contributed by atoms with Gasteiger partial charge in [0.15, 0.2) is 0 Å². The Labute approximate surface area is 198 Å². The first-order valence-corrected chi connectivity index (χ1v) is 11.0. The van der Waals surface area contributed by atoms with Crippen LogP contribution in [0.15, 0.2) is 30.3 Å². The summed E-state index contributed by atoms with van der Waals surface area (Å²) in [7, 11) is 0. The van der Waals surface area contributed by atoms with Crippen LogP contribution in [-0.2, 0) is 9.47 Å². The molecule has 1 N–H and O–H groups in total. The third-order valence-electron chi connectivity index (χ3n) is 4.81. The highest BCUT2D eigenvalue weighted by Gasteiger charge is 2.25. The predicted molar refractivity (Wildman–Crippen MR) is 120 cm³/mol. The molecule has 3 aromatic rings. The fraction of sp³-hybridized carbons (Fsp3) is 0.286. The van der Waals surface area contributed by atoms with Crippen molar-refractivity contribution in [3.8, 4) is 34.0 Å². The molecule has 3 heterocycles. The lowest BCUT2D eigenvalue weighted by atomic mass is 10.1. The van der Waals surface area contributed by atoms with Gasteiger partial charge in [-0.1, -0.05) is 46.4 Å². The molecule has 2 fully saturated rings. The molecule has 2 aliphatic heterocycles. The van der Waals surface area contributed by atoms with E-state index in [1.54, 1.807) is 30.3 Å². The summed E-state index contributed by atoms with van der Waals surface area (Å²) in [5.41, 5.74) is 2.37.